The highest BCUT2D eigenvalue weighted by Crippen LogP contribution is 2.24. The fourth-order valence-corrected chi connectivity index (χ4v) is 2.72. The second-order valence-corrected chi connectivity index (χ2v) is 7.20. The van der Waals surface area contributed by atoms with Gasteiger partial charge in [-0.05, 0) is 25.2 Å². The van der Waals surface area contributed by atoms with Gasteiger partial charge in [0.25, 0.3) is 0 Å². The Bertz CT molecular complexity index is 203. The van der Waals surface area contributed by atoms with Gasteiger partial charge in [-0.2, -0.15) is 0 Å². The third kappa shape index (κ3) is 7.94. The summed E-state index contributed by atoms with van der Waals surface area (Å²) < 4.78 is 0. The van der Waals surface area contributed by atoms with Crippen molar-refractivity contribution in [1.29, 1.82) is 0 Å². The summed E-state index contributed by atoms with van der Waals surface area (Å²) in [6, 6.07) is 0. The highest BCUT2D eigenvalue weighted by molar-refractivity contribution is 4.88. The number of unbranched alkanes of at least 4 members (excludes halogenated alkanes) is 3. The Balaban J connectivity index is 4.57. The zero-order valence-corrected chi connectivity index (χ0v) is 14.3. The highest BCUT2D eigenvalue weighted by atomic mass is 15.2. The van der Waals surface area contributed by atoms with Crippen LogP contribution in [0.4, 0.5) is 0 Å². The third-order valence-corrected chi connectivity index (χ3v) is 3.94. The molecule has 0 bridgehead atoms. The molecule has 0 radical (unpaired) electrons. The van der Waals surface area contributed by atoms with Crippen LogP contribution in [0.25, 0.3) is 0 Å². The van der Waals surface area contributed by atoms with E-state index in [1.165, 1.54) is 45.2 Å². The Morgan fingerprint density at radius 2 is 1.47 bits per heavy atom. The lowest BCUT2D eigenvalue weighted by Crippen LogP contribution is -2.54. The maximum absolute atomic E-state index is 6.13. The molecule has 0 aliphatic carbocycles. The third-order valence-electron chi connectivity index (χ3n) is 3.94. The van der Waals surface area contributed by atoms with Crippen molar-refractivity contribution in [3.05, 3.63) is 0 Å². The molecule has 0 heterocycles. The van der Waals surface area contributed by atoms with Crippen LogP contribution in [-0.2, 0) is 0 Å². The van der Waals surface area contributed by atoms with Crippen LogP contribution in [0.5, 0.6) is 0 Å². The highest BCUT2D eigenvalue weighted by Gasteiger charge is 2.30. The Hall–Kier alpha value is -0.0800. The average molecular weight is 271 g/mol. The van der Waals surface area contributed by atoms with E-state index < -0.39 is 0 Å². The maximum atomic E-state index is 6.13. The van der Waals surface area contributed by atoms with Crippen molar-refractivity contribution in [2.45, 2.75) is 79.2 Å². The quantitative estimate of drug-likeness (QED) is 0.568. The van der Waals surface area contributed by atoms with Gasteiger partial charge in [0, 0.05) is 25.2 Å². The largest absolute Gasteiger partial charge is 0.329 e. The number of nitrogens with zero attached hydrogens (tertiary/aromatic N) is 1. The van der Waals surface area contributed by atoms with Crippen LogP contribution >= 0.6 is 0 Å². The molecule has 2 N–H and O–H groups in total. The van der Waals surface area contributed by atoms with Crippen molar-refractivity contribution in [2.75, 3.05) is 19.6 Å². The fourth-order valence-electron chi connectivity index (χ4n) is 2.72. The number of hydrogen-bond acceptors (Lipinski definition) is 2. The van der Waals surface area contributed by atoms with Crippen molar-refractivity contribution in [3.63, 3.8) is 0 Å². The van der Waals surface area contributed by atoms with E-state index in [2.05, 4.69) is 46.4 Å². The summed E-state index contributed by atoms with van der Waals surface area (Å²) in [5, 5.41) is 0. The average Bonchev–Trinajstić information content (AvgIpc) is 2.32. The van der Waals surface area contributed by atoms with Gasteiger partial charge in [-0.3, -0.25) is 4.90 Å². The molecule has 0 aromatic heterocycles. The minimum Gasteiger partial charge on any atom is -0.329 e. The van der Waals surface area contributed by atoms with E-state index >= 15 is 0 Å². The lowest BCUT2D eigenvalue weighted by molar-refractivity contribution is 0.0723. The first-order chi connectivity index (χ1) is 8.85. The second-order valence-electron chi connectivity index (χ2n) is 7.20. The second kappa shape index (κ2) is 9.77. The van der Waals surface area contributed by atoms with Crippen molar-refractivity contribution in [1.82, 2.24) is 4.90 Å². The Morgan fingerprint density at radius 1 is 0.947 bits per heavy atom. The Morgan fingerprint density at radius 3 is 1.84 bits per heavy atom. The summed E-state index contributed by atoms with van der Waals surface area (Å²) in [6.45, 7) is 17.0. The molecule has 0 aliphatic heterocycles. The summed E-state index contributed by atoms with van der Waals surface area (Å²) in [6.07, 6.45) is 6.57. The normalized spacial score (nSPS) is 15.5. The van der Waals surface area contributed by atoms with Gasteiger partial charge in [0.2, 0.25) is 0 Å². The van der Waals surface area contributed by atoms with Crippen LogP contribution in [-0.4, -0.2) is 30.1 Å². The number of hydrogen-bond donors (Lipinski definition) is 1. The molecule has 0 saturated carbocycles. The molecule has 19 heavy (non-hydrogen) atoms. The van der Waals surface area contributed by atoms with E-state index in [-0.39, 0.29) is 5.54 Å². The van der Waals surface area contributed by atoms with Crippen LogP contribution in [0.1, 0.15) is 73.6 Å². The number of nitrogens with two attached hydrogens (primary N) is 1. The van der Waals surface area contributed by atoms with Crippen molar-refractivity contribution in [3.8, 4) is 0 Å². The topological polar surface area (TPSA) is 29.3 Å². The molecule has 0 rings (SSSR count). The van der Waals surface area contributed by atoms with Gasteiger partial charge in [-0.15, -0.1) is 0 Å². The van der Waals surface area contributed by atoms with Gasteiger partial charge in [0.05, 0.1) is 0 Å². The molecular formula is C17H38N2. The molecule has 0 fully saturated rings. The van der Waals surface area contributed by atoms with Gasteiger partial charge in [-0.1, -0.05) is 60.3 Å². The smallest absolute Gasteiger partial charge is 0.0303 e. The first-order valence-electron chi connectivity index (χ1n) is 8.30. The fraction of sp³-hybridized carbons (Fsp3) is 1.00. The molecule has 0 amide bonds. The van der Waals surface area contributed by atoms with Crippen molar-refractivity contribution in [2.24, 2.45) is 17.6 Å². The lowest BCUT2D eigenvalue weighted by atomic mass is 9.90. The summed E-state index contributed by atoms with van der Waals surface area (Å²) in [5.74, 6) is 1.42. The Kier molecular flexibility index (Phi) is 9.72. The van der Waals surface area contributed by atoms with Gasteiger partial charge < -0.3 is 5.73 Å². The van der Waals surface area contributed by atoms with E-state index in [0.717, 1.165) is 6.54 Å². The summed E-state index contributed by atoms with van der Waals surface area (Å²) in [4.78, 5) is 2.65. The molecule has 1 unspecified atom stereocenters. The summed E-state index contributed by atoms with van der Waals surface area (Å²) >= 11 is 0. The Labute approximate surface area is 122 Å². The zero-order chi connectivity index (χ0) is 14.9. The maximum Gasteiger partial charge on any atom is 0.0303 e. The van der Waals surface area contributed by atoms with Crippen LogP contribution < -0.4 is 5.73 Å². The molecule has 0 spiro atoms. The van der Waals surface area contributed by atoms with Gasteiger partial charge in [0.1, 0.15) is 0 Å². The standard InChI is InChI=1S/C17H38N2/c1-7-8-9-10-11-17(6,14-18)19(12-15(2)3)13-16(4)5/h15-16H,7-14,18H2,1-6H3. The predicted molar refractivity (Wildman–Crippen MR) is 87.5 cm³/mol. The molecule has 0 saturated heterocycles. The van der Waals surface area contributed by atoms with Gasteiger partial charge >= 0.3 is 0 Å². The van der Waals surface area contributed by atoms with Crippen LogP contribution in [0.15, 0.2) is 0 Å². The minimum atomic E-state index is 0.183. The van der Waals surface area contributed by atoms with E-state index in [0.29, 0.717) is 11.8 Å². The predicted octanol–water partition coefficient (Wildman–Crippen LogP) is 4.29. The van der Waals surface area contributed by atoms with E-state index in [4.69, 9.17) is 5.73 Å². The van der Waals surface area contributed by atoms with Crippen molar-refractivity contribution < 1.29 is 0 Å². The van der Waals surface area contributed by atoms with Crippen LogP contribution in [0.3, 0.4) is 0 Å². The van der Waals surface area contributed by atoms with E-state index in [1.807, 2.05) is 0 Å². The monoisotopic (exact) mass is 270 g/mol. The first-order valence-corrected chi connectivity index (χ1v) is 8.30. The van der Waals surface area contributed by atoms with Crippen LogP contribution in [0, 0.1) is 11.8 Å². The van der Waals surface area contributed by atoms with E-state index in [1.54, 1.807) is 0 Å². The molecule has 2 heteroatoms. The molecule has 116 valence electrons. The molecule has 0 aromatic rings. The molecular weight excluding hydrogens is 232 g/mol. The van der Waals surface area contributed by atoms with Gasteiger partial charge in [0.15, 0.2) is 0 Å². The number of rotatable bonds is 11. The summed E-state index contributed by atoms with van der Waals surface area (Å²) in [5.41, 5.74) is 6.32. The summed E-state index contributed by atoms with van der Waals surface area (Å²) in [7, 11) is 0. The van der Waals surface area contributed by atoms with Crippen molar-refractivity contribution >= 4 is 0 Å². The van der Waals surface area contributed by atoms with Crippen LogP contribution in [0.2, 0.25) is 0 Å². The first kappa shape index (κ1) is 18.9. The van der Waals surface area contributed by atoms with E-state index in [9.17, 15) is 0 Å². The lowest BCUT2D eigenvalue weighted by Gasteiger charge is -2.43. The minimum absolute atomic E-state index is 0.183. The SMILES string of the molecule is CCCCCCC(C)(CN)N(CC(C)C)CC(C)C. The molecule has 1 atom stereocenters. The zero-order valence-electron chi connectivity index (χ0n) is 14.3. The molecule has 0 aliphatic rings. The van der Waals surface area contributed by atoms with Gasteiger partial charge in [-0.25, -0.2) is 0 Å². The molecule has 2 nitrogen and oxygen atoms in total. The molecule has 0 aromatic carbocycles.